The first-order valence-electron chi connectivity index (χ1n) is 11.0. The smallest absolute Gasteiger partial charge is 0.251 e. The largest absolute Gasteiger partial charge is 0.379 e. The number of hydrogen-bond acceptors (Lipinski definition) is 6. The molecule has 1 aliphatic heterocycles. The number of allylic oxidation sites excluding steroid dienone is 4. The first-order chi connectivity index (χ1) is 16.3. The second-order valence-corrected chi connectivity index (χ2v) is 8.26. The average Bonchev–Trinajstić information content (AvgIpc) is 3.46. The molecule has 0 bridgehead atoms. The van der Waals surface area contributed by atoms with Crippen LogP contribution in [0.4, 0.5) is 14.6 Å². The van der Waals surface area contributed by atoms with E-state index in [1.165, 1.54) is 10.9 Å². The van der Waals surface area contributed by atoms with Crippen molar-refractivity contribution >= 4 is 37.4 Å². The molecule has 178 valence electrons. The van der Waals surface area contributed by atoms with Gasteiger partial charge < -0.3 is 15.0 Å². The number of H-pyrrole nitrogens is 1. The van der Waals surface area contributed by atoms with Gasteiger partial charge in [0, 0.05) is 25.2 Å². The minimum absolute atomic E-state index is 0.231. The molecule has 0 aromatic carbocycles. The third-order valence-electron chi connectivity index (χ3n) is 5.75. The summed E-state index contributed by atoms with van der Waals surface area (Å²) in [5, 5.41) is 7.58. The maximum atomic E-state index is 13.5. The molecule has 9 nitrogen and oxygen atoms in total. The molecule has 1 atom stereocenters. The third kappa shape index (κ3) is 5.68. The van der Waals surface area contributed by atoms with Crippen LogP contribution in [-0.4, -0.2) is 84.1 Å². The Kier molecular flexibility index (Phi) is 7.37. The van der Waals surface area contributed by atoms with Gasteiger partial charge in [0.25, 0.3) is 5.92 Å². The van der Waals surface area contributed by atoms with Crippen LogP contribution in [0.5, 0.6) is 0 Å². The summed E-state index contributed by atoms with van der Waals surface area (Å²) in [6.07, 6.45) is 8.50. The molecule has 34 heavy (non-hydrogen) atoms. The van der Waals surface area contributed by atoms with Crippen molar-refractivity contribution in [1.82, 2.24) is 30.0 Å². The van der Waals surface area contributed by atoms with Gasteiger partial charge in [0.05, 0.1) is 31.8 Å². The quantitative estimate of drug-likeness (QED) is 0.366. The van der Waals surface area contributed by atoms with Gasteiger partial charge in [-0.3, -0.25) is 4.90 Å². The highest BCUT2D eigenvalue weighted by Gasteiger charge is 2.32. The summed E-state index contributed by atoms with van der Waals surface area (Å²) in [6.45, 7) is 8.27. The van der Waals surface area contributed by atoms with Crippen molar-refractivity contribution in [2.75, 3.05) is 33.0 Å². The van der Waals surface area contributed by atoms with Crippen LogP contribution in [0, 0.1) is 5.92 Å². The third-order valence-corrected chi connectivity index (χ3v) is 5.75. The van der Waals surface area contributed by atoms with Gasteiger partial charge in [-0.1, -0.05) is 18.2 Å². The van der Waals surface area contributed by atoms with E-state index >= 15 is 0 Å². The molecule has 2 aromatic heterocycles. The van der Waals surface area contributed by atoms with Crippen LogP contribution in [0.2, 0.25) is 0 Å². The summed E-state index contributed by atoms with van der Waals surface area (Å²) in [6, 6.07) is 0. The molecule has 1 fully saturated rings. The number of ether oxygens (including phenoxy) is 1. The lowest BCUT2D eigenvalue weighted by Gasteiger charge is -2.27. The first-order valence-corrected chi connectivity index (χ1v) is 11.0. The van der Waals surface area contributed by atoms with Crippen LogP contribution in [0.15, 0.2) is 40.6 Å². The van der Waals surface area contributed by atoms with E-state index in [0.717, 1.165) is 31.3 Å². The van der Waals surface area contributed by atoms with Crippen molar-refractivity contribution in [3.05, 3.63) is 42.1 Å². The Morgan fingerprint density at radius 2 is 2.18 bits per heavy atom. The van der Waals surface area contributed by atoms with Crippen molar-refractivity contribution in [2.24, 2.45) is 15.9 Å². The van der Waals surface area contributed by atoms with Crippen molar-refractivity contribution < 1.29 is 13.5 Å². The van der Waals surface area contributed by atoms with Crippen LogP contribution in [0.1, 0.15) is 24.9 Å². The molecular weight excluding hydrogens is 441 g/mol. The number of hydrogen-bond donors (Lipinski definition) is 2. The number of rotatable bonds is 7. The Bertz CT molecular complexity index is 1090. The lowest BCUT2D eigenvalue weighted by atomic mass is 9.91. The number of alkyl halides is 2. The molecule has 2 aromatic rings. The van der Waals surface area contributed by atoms with Gasteiger partial charge in [-0.2, -0.15) is 9.78 Å². The van der Waals surface area contributed by atoms with Gasteiger partial charge in [0.15, 0.2) is 5.82 Å². The molecule has 0 spiro atoms. The zero-order valence-corrected chi connectivity index (χ0v) is 19.0. The van der Waals surface area contributed by atoms with Gasteiger partial charge in [-0.05, 0) is 31.1 Å². The fraction of sp³-hybridized carbons (Fsp3) is 0.455. The van der Waals surface area contributed by atoms with Gasteiger partial charge in [-0.25, -0.2) is 23.7 Å². The molecular formula is C22H27BF2N8O. The van der Waals surface area contributed by atoms with E-state index in [9.17, 15) is 8.78 Å². The van der Waals surface area contributed by atoms with Crippen LogP contribution in [0.3, 0.4) is 0 Å². The highest BCUT2D eigenvalue weighted by molar-refractivity contribution is 6.35. The fourth-order valence-electron chi connectivity index (χ4n) is 3.74. The SMILES string of the molecule is [B]c1cnn(C(=NCc2ncc(C3=CCC(C(C)(F)F)C=C3)[nH]2)NCN2CCOCC2)c1N=C. The maximum absolute atomic E-state index is 13.5. The summed E-state index contributed by atoms with van der Waals surface area (Å²) in [5.41, 5.74) is 1.97. The van der Waals surface area contributed by atoms with Gasteiger partial charge >= 0.3 is 0 Å². The second-order valence-electron chi connectivity index (χ2n) is 8.26. The Morgan fingerprint density at radius 1 is 1.38 bits per heavy atom. The van der Waals surface area contributed by atoms with E-state index in [-0.39, 0.29) is 13.0 Å². The highest BCUT2D eigenvalue weighted by atomic mass is 19.3. The fourth-order valence-corrected chi connectivity index (χ4v) is 3.74. The Hall–Kier alpha value is -3.12. The summed E-state index contributed by atoms with van der Waals surface area (Å²) in [5.74, 6) is -2.07. The molecule has 0 saturated carbocycles. The Labute approximate surface area is 198 Å². The number of imidazole rings is 1. The predicted molar refractivity (Wildman–Crippen MR) is 128 cm³/mol. The molecule has 2 aliphatic rings. The first kappa shape index (κ1) is 24.0. The molecule has 4 rings (SSSR count). The lowest BCUT2D eigenvalue weighted by Crippen LogP contribution is -2.45. The number of aliphatic imine (C=N–C) groups is 2. The zero-order chi connectivity index (χ0) is 24.1. The lowest BCUT2D eigenvalue weighted by molar-refractivity contribution is -0.0200. The van der Waals surface area contributed by atoms with Crippen molar-refractivity contribution in [3.8, 4) is 0 Å². The number of aromatic nitrogens is 4. The van der Waals surface area contributed by atoms with Gasteiger partial charge in [0.1, 0.15) is 20.2 Å². The molecule has 3 heterocycles. The van der Waals surface area contributed by atoms with Crippen LogP contribution >= 0.6 is 0 Å². The summed E-state index contributed by atoms with van der Waals surface area (Å²) in [4.78, 5) is 18.4. The number of nitrogens with one attached hydrogen (secondary N) is 2. The maximum Gasteiger partial charge on any atom is 0.251 e. The molecule has 1 unspecified atom stereocenters. The van der Waals surface area contributed by atoms with Crippen LogP contribution in [0.25, 0.3) is 5.57 Å². The number of morpholine rings is 1. The topological polar surface area (TPSA) is 95.7 Å². The standard InChI is InChI=1S/C22H27BF2N8O/c1-22(24,25)16-5-3-15(4-6-16)18-12-27-19(31-18)13-28-21(29-14-32-7-9-34-10-8-32)33-20(26-2)17(23)11-30-33/h3-5,11-12,16H,2,6-10,13-14H2,1H3,(H,27,31)(H,28,29). The summed E-state index contributed by atoms with van der Waals surface area (Å²) in [7, 11) is 5.95. The van der Waals surface area contributed by atoms with Crippen LogP contribution < -0.4 is 10.8 Å². The highest BCUT2D eigenvalue weighted by Crippen LogP contribution is 2.33. The van der Waals surface area contributed by atoms with Crippen LogP contribution in [-0.2, 0) is 11.3 Å². The molecule has 2 radical (unpaired) electrons. The second kappa shape index (κ2) is 10.4. The normalized spacial score (nSPS) is 19.8. The minimum atomic E-state index is -2.74. The Morgan fingerprint density at radius 3 is 2.85 bits per heavy atom. The number of halogens is 2. The van der Waals surface area contributed by atoms with E-state index in [4.69, 9.17) is 12.6 Å². The van der Waals surface area contributed by atoms with E-state index in [1.807, 2.05) is 0 Å². The molecule has 12 heteroatoms. The molecule has 1 saturated heterocycles. The van der Waals surface area contributed by atoms with E-state index in [2.05, 4.69) is 42.0 Å². The van der Waals surface area contributed by atoms with Crippen molar-refractivity contribution in [2.45, 2.75) is 25.8 Å². The van der Waals surface area contributed by atoms with E-state index in [0.29, 0.717) is 42.9 Å². The summed E-state index contributed by atoms with van der Waals surface area (Å²) < 4.78 is 34.0. The van der Waals surface area contributed by atoms with Crippen molar-refractivity contribution in [3.63, 3.8) is 0 Å². The predicted octanol–water partition coefficient (Wildman–Crippen LogP) is 1.63. The summed E-state index contributed by atoms with van der Waals surface area (Å²) >= 11 is 0. The molecule has 0 amide bonds. The number of aromatic amines is 1. The van der Waals surface area contributed by atoms with Crippen molar-refractivity contribution in [1.29, 1.82) is 0 Å². The minimum Gasteiger partial charge on any atom is -0.379 e. The molecule has 1 aliphatic carbocycles. The van der Waals surface area contributed by atoms with Gasteiger partial charge in [-0.15, -0.1) is 0 Å². The van der Waals surface area contributed by atoms with E-state index < -0.39 is 11.8 Å². The Balaban J connectivity index is 1.48. The van der Waals surface area contributed by atoms with E-state index in [1.54, 1.807) is 24.4 Å². The zero-order valence-electron chi connectivity index (χ0n) is 19.0. The molecule has 2 N–H and O–H groups in total. The number of nitrogens with zero attached hydrogens (tertiary/aromatic N) is 6. The van der Waals surface area contributed by atoms with Gasteiger partial charge in [0.2, 0.25) is 5.96 Å². The average molecular weight is 468 g/mol. The monoisotopic (exact) mass is 468 g/mol.